The fraction of sp³-hybridized carbons (Fsp3) is 0.600. The molecule has 3 saturated heterocycles. The lowest BCUT2D eigenvalue weighted by Crippen LogP contribution is -2.56. The van der Waals surface area contributed by atoms with Crippen LogP contribution in [0, 0.1) is 10.8 Å². The molecule has 3 heterocycles. The number of piperazine rings is 1. The number of amides is 2. The summed E-state index contributed by atoms with van der Waals surface area (Å²) < 4.78 is 0. The molecule has 3 fully saturated rings. The zero-order valence-corrected chi connectivity index (χ0v) is 26.4. The molecule has 0 unspecified atom stereocenters. The average molecular weight is 565 g/mol. The van der Waals surface area contributed by atoms with E-state index in [1.807, 2.05) is 58.4 Å². The second-order valence-electron chi connectivity index (χ2n) is 13.0. The maximum absolute atomic E-state index is 12.4. The molecule has 3 aliphatic heterocycles. The van der Waals surface area contributed by atoms with Gasteiger partial charge in [-0.15, -0.1) is 19.7 Å². The van der Waals surface area contributed by atoms with Crippen molar-refractivity contribution in [1.29, 1.82) is 0 Å². The van der Waals surface area contributed by atoms with Crippen LogP contribution in [0.2, 0.25) is 0 Å². The van der Waals surface area contributed by atoms with Crippen molar-refractivity contribution in [2.45, 2.75) is 78.2 Å². The van der Waals surface area contributed by atoms with E-state index in [1.165, 1.54) is 12.8 Å². The number of nitrogens with zero attached hydrogens (tertiary/aromatic N) is 2. The highest BCUT2D eigenvalue weighted by Gasteiger charge is 2.32. The summed E-state index contributed by atoms with van der Waals surface area (Å²) in [5.41, 5.74) is 1.51. The summed E-state index contributed by atoms with van der Waals surface area (Å²) in [5.74, 6) is 0.362. The van der Waals surface area contributed by atoms with Crippen LogP contribution in [0.5, 0.6) is 0 Å². The van der Waals surface area contributed by atoms with E-state index < -0.39 is 0 Å². The molecule has 0 radical (unpaired) electrons. The van der Waals surface area contributed by atoms with Gasteiger partial charge in [0.2, 0.25) is 5.91 Å². The SMILES string of the molecule is C=CC[C@@]1(C)CNCCN1.C=CC[C@]1(C)CCCN(C(=O)c2ccccc2)C1.C=CC[C@]1(C)CCCN(C(C)=O)C1. The highest BCUT2D eigenvalue weighted by molar-refractivity contribution is 5.94. The van der Waals surface area contributed by atoms with Gasteiger partial charge in [-0.25, -0.2) is 0 Å². The summed E-state index contributed by atoms with van der Waals surface area (Å²) in [7, 11) is 0. The van der Waals surface area contributed by atoms with E-state index in [2.05, 4.69) is 51.1 Å². The van der Waals surface area contributed by atoms with Gasteiger partial charge in [0.15, 0.2) is 0 Å². The predicted octanol–water partition coefficient (Wildman–Crippen LogP) is 6.23. The third-order valence-corrected chi connectivity index (χ3v) is 8.55. The van der Waals surface area contributed by atoms with Gasteiger partial charge >= 0.3 is 0 Å². The van der Waals surface area contributed by atoms with Crippen LogP contribution in [-0.4, -0.2) is 73.0 Å². The number of allylic oxidation sites excluding steroid dienone is 2. The highest BCUT2D eigenvalue weighted by Crippen LogP contribution is 2.34. The van der Waals surface area contributed by atoms with Crippen molar-refractivity contribution < 1.29 is 9.59 Å². The molecule has 0 bridgehead atoms. The van der Waals surface area contributed by atoms with Crippen molar-refractivity contribution >= 4 is 11.8 Å². The van der Waals surface area contributed by atoms with Crippen molar-refractivity contribution in [3.63, 3.8) is 0 Å². The van der Waals surface area contributed by atoms with Crippen LogP contribution in [0.15, 0.2) is 68.3 Å². The normalized spacial score (nSPS) is 27.7. The Morgan fingerprint density at radius 1 is 0.829 bits per heavy atom. The van der Waals surface area contributed by atoms with Crippen molar-refractivity contribution in [1.82, 2.24) is 20.4 Å². The maximum Gasteiger partial charge on any atom is 0.253 e. The number of rotatable bonds is 7. The van der Waals surface area contributed by atoms with E-state index in [9.17, 15) is 9.59 Å². The molecule has 6 heteroatoms. The highest BCUT2D eigenvalue weighted by atomic mass is 16.2. The van der Waals surface area contributed by atoms with E-state index in [0.29, 0.717) is 0 Å². The van der Waals surface area contributed by atoms with Crippen LogP contribution in [0.3, 0.4) is 0 Å². The van der Waals surface area contributed by atoms with Crippen molar-refractivity contribution in [2.75, 3.05) is 45.8 Å². The van der Waals surface area contributed by atoms with Crippen LogP contribution in [0.1, 0.15) is 83.0 Å². The Balaban J connectivity index is 0.000000226. The van der Waals surface area contributed by atoms with E-state index >= 15 is 0 Å². The second-order valence-corrected chi connectivity index (χ2v) is 13.0. The molecule has 0 aromatic heterocycles. The third-order valence-electron chi connectivity index (χ3n) is 8.55. The lowest BCUT2D eigenvalue weighted by Gasteiger charge is -2.40. The molecular weight excluding hydrogens is 508 g/mol. The van der Waals surface area contributed by atoms with Crippen LogP contribution in [0.25, 0.3) is 0 Å². The molecule has 2 amide bonds. The molecular formula is C35H56N4O2. The van der Waals surface area contributed by atoms with Gasteiger partial charge in [0.05, 0.1) is 0 Å². The number of benzene rings is 1. The lowest BCUT2D eigenvalue weighted by molar-refractivity contribution is -0.132. The first-order chi connectivity index (χ1) is 19.5. The minimum absolute atomic E-state index is 0.158. The average Bonchev–Trinajstić information content (AvgIpc) is 2.94. The number of likely N-dealkylation sites (tertiary alicyclic amines) is 2. The topological polar surface area (TPSA) is 64.7 Å². The molecule has 41 heavy (non-hydrogen) atoms. The van der Waals surface area contributed by atoms with Crippen LogP contribution in [0.4, 0.5) is 0 Å². The summed E-state index contributed by atoms with van der Waals surface area (Å²) in [6.07, 6.45) is 13.5. The largest absolute Gasteiger partial charge is 0.342 e. The minimum atomic E-state index is 0.158. The molecule has 6 nitrogen and oxygen atoms in total. The Morgan fingerprint density at radius 2 is 1.37 bits per heavy atom. The number of carbonyl (C=O) groups excluding carboxylic acids is 2. The maximum atomic E-state index is 12.4. The third kappa shape index (κ3) is 11.6. The molecule has 2 N–H and O–H groups in total. The summed E-state index contributed by atoms with van der Waals surface area (Å²) in [6.45, 7) is 26.5. The molecule has 1 aromatic rings. The first kappa shape index (κ1) is 34.5. The Bertz CT molecular complexity index is 987. The van der Waals surface area contributed by atoms with Gasteiger partial charge < -0.3 is 20.4 Å². The van der Waals surface area contributed by atoms with Gasteiger partial charge in [0.1, 0.15) is 0 Å². The van der Waals surface area contributed by atoms with Gasteiger partial charge in [-0.2, -0.15) is 0 Å². The zero-order valence-electron chi connectivity index (χ0n) is 26.4. The van der Waals surface area contributed by atoms with Crippen LogP contribution < -0.4 is 10.6 Å². The molecule has 228 valence electrons. The van der Waals surface area contributed by atoms with Gasteiger partial charge in [-0.05, 0) is 74.8 Å². The Morgan fingerprint density at radius 3 is 1.85 bits per heavy atom. The fourth-order valence-electron chi connectivity index (χ4n) is 6.21. The Hall–Kier alpha value is -2.70. The number of piperidine rings is 2. The number of hydrogen-bond donors (Lipinski definition) is 2. The van der Waals surface area contributed by atoms with E-state index in [4.69, 9.17) is 0 Å². The first-order valence-electron chi connectivity index (χ1n) is 15.4. The molecule has 3 aliphatic rings. The molecule has 0 saturated carbocycles. The fourth-order valence-corrected chi connectivity index (χ4v) is 6.21. The molecule has 3 atom stereocenters. The number of hydrogen-bond acceptors (Lipinski definition) is 4. The quantitative estimate of drug-likeness (QED) is 0.386. The summed E-state index contributed by atoms with van der Waals surface area (Å²) in [4.78, 5) is 27.5. The second kappa shape index (κ2) is 16.7. The van der Waals surface area contributed by atoms with Gasteiger partial charge in [0.25, 0.3) is 5.91 Å². The summed E-state index contributed by atoms with van der Waals surface area (Å²) in [5, 5.41) is 6.81. The summed E-state index contributed by atoms with van der Waals surface area (Å²) in [6, 6.07) is 9.55. The smallest absolute Gasteiger partial charge is 0.253 e. The van der Waals surface area contributed by atoms with Gasteiger partial charge in [0, 0.05) is 63.8 Å². The Labute approximate surface area is 250 Å². The van der Waals surface area contributed by atoms with E-state index in [-0.39, 0.29) is 28.2 Å². The zero-order chi connectivity index (χ0) is 30.4. The molecule has 4 rings (SSSR count). The van der Waals surface area contributed by atoms with Crippen molar-refractivity contribution in [2.24, 2.45) is 10.8 Å². The summed E-state index contributed by atoms with van der Waals surface area (Å²) >= 11 is 0. The molecule has 1 aromatic carbocycles. The first-order valence-corrected chi connectivity index (χ1v) is 15.4. The number of carbonyl (C=O) groups is 2. The van der Waals surface area contributed by atoms with Crippen molar-refractivity contribution in [3.05, 3.63) is 73.9 Å². The number of nitrogens with one attached hydrogen (secondary N) is 2. The standard InChI is InChI=1S/C16H21NO.C11H19NO.C8H16N2/c1-3-10-16(2)11-7-12-17(13-16)15(18)14-8-5-4-6-9-14;1-4-6-11(3)7-5-8-12(9-11)10(2)13;1-3-4-8(2)7-9-5-6-10-8/h3-6,8-9H,1,7,10-13H2,2H3;4H,1,5-9H2,2-3H3;3,9-10H,1,4-7H2,2H3/t16-;11-;8-/m110/s1. The van der Waals surface area contributed by atoms with E-state index in [0.717, 1.165) is 83.5 Å². The van der Waals surface area contributed by atoms with Crippen LogP contribution in [-0.2, 0) is 4.79 Å². The Kier molecular flexibility index (Phi) is 14.0. The van der Waals surface area contributed by atoms with Crippen molar-refractivity contribution in [3.8, 4) is 0 Å². The van der Waals surface area contributed by atoms with Crippen LogP contribution >= 0.6 is 0 Å². The molecule has 0 spiro atoms. The van der Waals surface area contributed by atoms with Gasteiger partial charge in [-0.3, -0.25) is 9.59 Å². The molecule has 0 aliphatic carbocycles. The van der Waals surface area contributed by atoms with Gasteiger partial charge in [-0.1, -0.05) is 50.3 Å². The monoisotopic (exact) mass is 564 g/mol. The minimum Gasteiger partial charge on any atom is -0.342 e. The predicted molar refractivity (Wildman–Crippen MR) is 173 cm³/mol. The van der Waals surface area contributed by atoms with E-state index in [1.54, 1.807) is 6.92 Å². The lowest BCUT2D eigenvalue weighted by atomic mass is 9.79.